The Labute approximate surface area is 137 Å². The van der Waals surface area contributed by atoms with Crippen LogP contribution in [0.3, 0.4) is 0 Å². The monoisotopic (exact) mass is 331 g/mol. The summed E-state index contributed by atoms with van der Waals surface area (Å²) in [4.78, 5) is 38.7. The van der Waals surface area contributed by atoms with Crippen LogP contribution >= 0.6 is 0 Å². The number of nitro groups is 1. The van der Waals surface area contributed by atoms with Crippen LogP contribution in [0.5, 0.6) is 0 Å². The molecule has 2 N–H and O–H groups in total. The van der Waals surface area contributed by atoms with E-state index in [9.17, 15) is 24.8 Å². The van der Waals surface area contributed by atoms with E-state index in [1.807, 2.05) is 0 Å². The highest BCUT2D eigenvalue weighted by Crippen LogP contribution is 2.31. The number of aromatic nitrogens is 1. The highest BCUT2D eigenvalue weighted by Gasteiger charge is 2.42. The Balaban J connectivity index is 1.80. The van der Waals surface area contributed by atoms with E-state index in [0.717, 1.165) is 5.52 Å². The number of rotatable bonds is 4. The smallest absolute Gasteiger partial charge is 0.311 e. The zero-order valence-electron chi connectivity index (χ0n) is 13.1. The predicted octanol–water partition coefficient (Wildman–Crippen LogP) is 1.94. The number of benzene rings is 1. The molecule has 2 aromatic rings. The van der Waals surface area contributed by atoms with Gasteiger partial charge in [-0.1, -0.05) is 0 Å². The first kappa shape index (κ1) is 16.0. The van der Waals surface area contributed by atoms with Crippen LogP contribution in [0.1, 0.15) is 18.9 Å². The maximum absolute atomic E-state index is 12.5. The first-order chi connectivity index (χ1) is 11.3. The number of nitrogens with one attached hydrogen (secondary N) is 1. The van der Waals surface area contributed by atoms with Crippen molar-refractivity contribution in [2.45, 2.75) is 19.8 Å². The molecule has 126 valence electrons. The molecule has 0 saturated carbocycles. The molecule has 8 nitrogen and oxygen atoms in total. The van der Waals surface area contributed by atoms with Crippen molar-refractivity contribution in [3.05, 3.63) is 40.1 Å². The molecule has 0 bridgehead atoms. The minimum Gasteiger partial charge on any atom is -0.481 e. The van der Waals surface area contributed by atoms with Crippen molar-refractivity contribution in [2.24, 2.45) is 5.41 Å². The van der Waals surface area contributed by atoms with Crippen LogP contribution in [0.2, 0.25) is 0 Å². The number of fused-ring (bicyclic) bond motifs is 1. The quantitative estimate of drug-likeness (QED) is 0.656. The highest BCUT2D eigenvalue weighted by molar-refractivity contribution is 5.90. The summed E-state index contributed by atoms with van der Waals surface area (Å²) in [6.07, 6.45) is 2.17. The van der Waals surface area contributed by atoms with Crippen LogP contribution in [-0.2, 0) is 16.0 Å². The number of aromatic amines is 1. The molecule has 1 unspecified atom stereocenters. The zero-order chi connectivity index (χ0) is 17.5. The summed E-state index contributed by atoms with van der Waals surface area (Å²) in [7, 11) is 0. The molecule has 1 amide bonds. The van der Waals surface area contributed by atoms with Gasteiger partial charge in [0.1, 0.15) is 0 Å². The topological polar surface area (TPSA) is 117 Å². The number of non-ortho nitro benzene ring substituents is 1. The van der Waals surface area contributed by atoms with Gasteiger partial charge in [-0.2, -0.15) is 0 Å². The zero-order valence-corrected chi connectivity index (χ0v) is 13.1. The van der Waals surface area contributed by atoms with Crippen molar-refractivity contribution in [2.75, 3.05) is 13.1 Å². The fourth-order valence-electron chi connectivity index (χ4n) is 3.05. The Morgan fingerprint density at radius 2 is 2.21 bits per heavy atom. The van der Waals surface area contributed by atoms with E-state index in [4.69, 9.17) is 0 Å². The lowest BCUT2D eigenvalue weighted by Crippen LogP contribution is -2.35. The molecule has 0 spiro atoms. The summed E-state index contributed by atoms with van der Waals surface area (Å²) in [6.45, 7) is 2.23. The third kappa shape index (κ3) is 2.70. The van der Waals surface area contributed by atoms with E-state index in [1.54, 1.807) is 24.1 Å². The molecule has 2 heterocycles. The van der Waals surface area contributed by atoms with Crippen LogP contribution in [0, 0.1) is 15.5 Å². The van der Waals surface area contributed by atoms with Crippen molar-refractivity contribution in [3.63, 3.8) is 0 Å². The Kier molecular flexibility index (Phi) is 3.75. The average Bonchev–Trinajstić information content (AvgIpc) is 3.12. The van der Waals surface area contributed by atoms with E-state index < -0.39 is 16.3 Å². The number of H-pyrrole nitrogens is 1. The molecule has 3 rings (SSSR count). The number of hydrogen-bond acceptors (Lipinski definition) is 4. The maximum atomic E-state index is 12.5. The Morgan fingerprint density at radius 3 is 2.83 bits per heavy atom. The third-order valence-electron chi connectivity index (χ3n) is 4.65. The number of carbonyl (C=O) groups excluding carboxylic acids is 1. The number of likely N-dealkylation sites (tertiary alicyclic amines) is 1. The molecule has 8 heteroatoms. The standard InChI is InChI=1S/C16H17N3O5/c1-16(15(21)22)4-5-18(9-16)14(20)6-10-8-17-13-3-2-11(19(23)24)7-12(10)13/h2-3,7-8,17H,4-6,9H2,1H3,(H,21,22). The van der Waals surface area contributed by atoms with Gasteiger partial charge in [-0.25, -0.2) is 0 Å². The van der Waals surface area contributed by atoms with E-state index in [0.29, 0.717) is 23.9 Å². The number of carboxylic acids is 1. The summed E-state index contributed by atoms with van der Waals surface area (Å²) in [5, 5.41) is 20.8. The van der Waals surface area contributed by atoms with Crippen LogP contribution in [0.15, 0.2) is 24.4 Å². The van der Waals surface area contributed by atoms with Crippen molar-refractivity contribution in [3.8, 4) is 0 Å². The van der Waals surface area contributed by atoms with E-state index in [-0.39, 0.29) is 24.6 Å². The summed E-state index contributed by atoms with van der Waals surface area (Å²) < 4.78 is 0. The molecule has 1 aromatic heterocycles. The van der Waals surface area contributed by atoms with Gasteiger partial charge in [0.25, 0.3) is 5.69 Å². The number of carbonyl (C=O) groups is 2. The molecular formula is C16H17N3O5. The fourth-order valence-corrected chi connectivity index (χ4v) is 3.05. The lowest BCUT2D eigenvalue weighted by molar-refractivity contribution is -0.384. The second kappa shape index (κ2) is 5.63. The third-order valence-corrected chi connectivity index (χ3v) is 4.65. The second-order valence-corrected chi connectivity index (χ2v) is 6.41. The van der Waals surface area contributed by atoms with Crippen LogP contribution in [0.25, 0.3) is 10.9 Å². The summed E-state index contributed by atoms with van der Waals surface area (Å²) >= 11 is 0. The molecule has 1 fully saturated rings. The van der Waals surface area contributed by atoms with E-state index in [2.05, 4.69) is 4.98 Å². The molecule has 0 radical (unpaired) electrons. The van der Waals surface area contributed by atoms with Gasteiger partial charge in [-0.05, 0) is 25.0 Å². The molecule has 1 aliphatic rings. The maximum Gasteiger partial charge on any atom is 0.311 e. The fraction of sp³-hybridized carbons (Fsp3) is 0.375. The number of hydrogen-bond donors (Lipinski definition) is 2. The SMILES string of the molecule is CC1(C(=O)O)CCN(C(=O)Cc2c[nH]c3ccc([N+](=O)[O-])cc23)C1. The number of nitro benzene ring substituents is 1. The van der Waals surface area contributed by atoms with Crippen LogP contribution < -0.4 is 0 Å². The van der Waals surface area contributed by atoms with Gasteiger partial charge in [0, 0.05) is 42.3 Å². The minimum atomic E-state index is -0.908. The largest absolute Gasteiger partial charge is 0.481 e. The van der Waals surface area contributed by atoms with Gasteiger partial charge in [-0.3, -0.25) is 19.7 Å². The predicted molar refractivity (Wildman–Crippen MR) is 85.6 cm³/mol. The molecule has 24 heavy (non-hydrogen) atoms. The number of carboxylic acid groups (broad SMARTS) is 1. The summed E-state index contributed by atoms with van der Waals surface area (Å²) in [5.41, 5.74) is 0.451. The second-order valence-electron chi connectivity index (χ2n) is 6.41. The average molecular weight is 331 g/mol. The van der Waals surface area contributed by atoms with Gasteiger partial charge < -0.3 is 15.0 Å². The van der Waals surface area contributed by atoms with Gasteiger partial charge in [0.15, 0.2) is 0 Å². The molecule has 1 aromatic carbocycles. The van der Waals surface area contributed by atoms with E-state index in [1.165, 1.54) is 12.1 Å². The summed E-state index contributed by atoms with van der Waals surface area (Å²) in [5.74, 6) is -1.08. The number of amides is 1. The minimum absolute atomic E-state index is 0.0320. The van der Waals surface area contributed by atoms with Crippen LogP contribution in [0.4, 0.5) is 5.69 Å². The Hall–Kier alpha value is -2.90. The van der Waals surface area contributed by atoms with Crippen molar-refractivity contribution >= 4 is 28.5 Å². The normalized spacial score (nSPS) is 20.5. The lowest BCUT2D eigenvalue weighted by atomic mass is 9.90. The molecule has 1 atom stereocenters. The molecule has 1 saturated heterocycles. The van der Waals surface area contributed by atoms with Crippen molar-refractivity contribution in [1.82, 2.24) is 9.88 Å². The first-order valence-electron chi connectivity index (χ1n) is 7.56. The Bertz CT molecular complexity index is 843. The van der Waals surface area contributed by atoms with Gasteiger partial charge >= 0.3 is 5.97 Å². The van der Waals surface area contributed by atoms with Gasteiger partial charge in [0.2, 0.25) is 5.91 Å². The van der Waals surface area contributed by atoms with Gasteiger partial charge in [-0.15, -0.1) is 0 Å². The molecule has 1 aliphatic heterocycles. The first-order valence-corrected chi connectivity index (χ1v) is 7.56. The Morgan fingerprint density at radius 1 is 1.46 bits per heavy atom. The molecule has 0 aliphatic carbocycles. The number of nitrogens with zero attached hydrogens (tertiary/aromatic N) is 2. The van der Waals surface area contributed by atoms with Gasteiger partial charge in [0.05, 0.1) is 16.8 Å². The summed E-state index contributed by atoms with van der Waals surface area (Å²) in [6, 6.07) is 4.46. The lowest BCUT2D eigenvalue weighted by Gasteiger charge is -2.20. The van der Waals surface area contributed by atoms with E-state index >= 15 is 0 Å². The van der Waals surface area contributed by atoms with Crippen molar-refractivity contribution < 1.29 is 19.6 Å². The van der Waals surface area contributed by atoms with Crippen molar-refractivity contribution in [1.29, 1.82) is 0 Å². The van der Waals surface area contributed by atoms with Crippen LogP contribution in [-0.4, -0.2) is 44.9 Å². The molecular weight excluding hydrogens is 314 g/mol. The number of aliphatic carboxylic acids is 1. The highest BCUT2D eigenvalue weighted by atomic mass is 16.6.